The summed E-state index contributed by atoms with van der Waals surface area (Å²) in [4.78, 5) is 13.5. The van der Waals surface area contributed by atoms with Crippen molar-refractivity contribution in [2.75, 3.05) is 18.7 Å². The molecule has 1 atom stereocenters. The first-order chi connectivity index (χ1) is 17.7. The molecule has 0 bridgehead atoms. The number of carbonyl (C=O) groups excluding carboxylic acids is 1. The fraction of sp³-hybridized carbons (Fsp3) is 0.483. The van der Waals surface area contributed by atoms with Crippen molar-refractivity contribution < 1.29 is 26.5 Å². The molecular weight excluding hydrogens is 456 g/mol. The van der Waals surface area contributed by atoms with Gasteiger partial charge in [0.2, 0.25) is 12.7 Å². The van der Waals surface area contributed by atoms with Crippen LogP contribution in [0.4, 0.5) is 5.69 Å². The van der Waals surface area contributed by atoms with Gasteiger partial charge in [-0.2, -0.15) is 0 Å². The van der Waals surface area contributed by atoms with Crippen LogP contribution >= 0.6 is 0 Å². The van der Waals surface area contributed by atoms with E-state index in [1.54, 1.807) is 12.1 Å². The summed E-state index contributed by atoms with van der Waals surface area (Å²) in [5.41, 5.74) is 3.10. The summed E-state index contributed by atoms with van der Waals surface area (Å²) in [6.45, 7) is 9.53. The lowest BCUT2D eigenvalue weighted by Crippen LogP contribution is -2.27. The Kier molecular flexibility index (Phi) is 4.68. The fourth-order valence-electron chi connectivity index (χ4n) is 5.33. The molecule has 1 N–H and O–H groups in total. The molecule has 1 aliphatic carbocycles. The smallest absolute Gasteiger partial charge is 0.235 e. The van der Waals surface area contributed by atoms with E-state index in [2.05, 4.69) is 42.8 Å². The van der Waals surface area contributed by atoms with Gasteiger partial charge in [0, 0.05) is 27.7 Å². The number of rotatable bonds is 5. The van der Waals surface area contributed by atoms with E-state index in [-0.39, 0.29) is 17.4 Å². The first kappa shape index (κ1) is 21.1. The van der Waals surface area contributed by atoms with Crippen molar-refractivity contribution in [2.45, 2.75) is 76.7 Å². The van der Waals surface area contributed by atoms with Crippen LogP contribution in [0.1, 0.15) is 61.5 Å². The highest BCUT2D eigenvalue weighted by atomic mass is 16.7. The number of amides is 1. The van der Waals surface area contributed by atoms with E-state index in [9.17, 15) is 4.79 Å². The van der Waals surface area contributed by atoms with E-state index in [0.717, 1.165) is 35.0 Å². The highest BCUT2D eigenvalue weighted by molar-refractivity contribution is 6.02. The van der Waals surface area contributed by atoms with E-state index in [0.29, 0.717) is 24.7 Å². The second-order valence-corrected chi connectivity index (χ2v) is 11.6. The highest BCUT2D eigenvalue weighted by Gasteiger charge is 2.51. The Balaban J connectivity index is 1.26. The molecule has 0 spiro atoms. The number of benzene rings is 2. The largest absolute Gasteiger partial charge is 0.454 e. The molecule has 3 aromatic rings. The average molecular weight is 493 g/mol. The number of nitrogens with one attached hydrogen (secondary N) is 1. The highest BCUT2D eigenvalue weighted by Crippen LogP contribution is 2.51. The molecule has 7 nitrogen and oxygen atoms in total. The number of hydrogen-bond acceptors (Lipinski definition) is 5. The summed E-state index contributed by atoms with van der Waals surface area (Å²) in [7, 11) is 0. The average Bonchev–Trinajstić information content (AvgIpc) is 3.32. The Morgan fingerprint density at radius 1 is 1.11 bits per heavy atom. The predicted molar refractivity (Wildman–Crippen MR) is 138 cm³/mol. The predicted octanol–water partition coefficient (Wildman–Crippen LogP) is 5.49. The monoisotopic (exact) mass is 492 g/mol. The third kappa shape index (κ3) is 4.04. The van der Waals surface area contributed by atoms with Gasteiger partial charge in [0.05, 0.1) is 18.6 Å². The molecule has 0 radical (unpaired) electrons. The third-order valence-corrected chi connectivity index (χ3v) is 7.37. The maximum absolute atomic E-state index is 13.5. The van der Waals surface area contributed by atoms with Crippen molar-refractivity contribution in [1.29, 1.82) is 0 Å². The van der Waals surface area contributed by atoms with Crippen LogP contribution < -0.4 is 14.8 Å². The maximum Gasteiger partial charge on any atom is 0.235 e. The van der Waals surface area contributed by atoms with Gasteiger partial charge in [-0.25, -0.2) is 0 Å². The molecule has 3 aliphatic rings. The second-order valence-electron chi connectivity index (χ2n) is 11.6. The zero-order valence-corrected chi connectivity index (χ0v) is 21.4. The fourth-order valence-corrected chi connectivity index (χ4v) is 5.33. The lowest BCUT2D eigenvalue weighted by molar-refractivity contribution is -0.139. The van der Waals surface area contributed by atoms with Gasteiger partial charge in [-0.3, -0.25) is 4.79 Å². The Labute approximate surface area is 214 Å². The molecule has 3 heterocycles. The van der Waals surface area contributed by atoms with Crippen molar-refractivity contribution in [2.24, 2.45) is 0 Å². The molecule has 2 aromatic carbocycles. The minimum absolute atomic E-state index is 0.0345. The van der Waals surface area contributed by atoms with E-state index < -0.39 is 17.9 Å². The van der Waals surface area contributed by atoms with E-state index in [4.69, 9.17) is 21.7 Å². The van der Waals surface area contributed by atoms with Gasteiger partial charge in [-0.15, -0.1) is 0 Å². The number of aromatic nitrogens is 1. The minimum atomic E-state index is -2.19. The standard InChI is InChI=1S/C29H34N2O5/c1-27(2,3)25-13-18-12-20(7-8-22(18)31(25)15-21-16-35-28(4,5)36-21)30-26(32)29(10-11-29)19-6-9-23-24(14-19)34-17-33-23/h6-9,12-14,21H,10-11,15-17H2,1-5H3,(H,30,32)/t21-/m1/s1/i17D2. The molecule has 1 aromatic heterocycles. The van der Waals surface area contributed by atoms with Crippen LogP contribution in [0.5, 0.6) is 11.5 Å². The van der Waals surface area contributed by atoms with Crippen molar-refractivity contribution in [3.63, 3.8) is 0 Å². The number of carbonyl (C=O) groups is 1. The van der Waals surface area contributed by atoms with Gasteiger partial charge in [0.1, 0.15) is 8.85 Å². The molecule has 7 heteroatoms. The van der Waals surface area contributed by atoms with Crippen LogP contribution in [-0.4, -0.2) is 35.7 Å². The number of hydrogen-bond donors (Lipinski definition) is 1. The lowest BCUT2D eigenvalue weighted by Gasteiger charge is -2.24. The van der Waals surface area contributed by atoms with Gasteiger partial charge in [0.15, 0.2) is 17.3 Å². The summed E-state index contributed by atoms with van der Waals surface area (Å²) < 4.78 is 40.0. The zero-order valence-electron chi connectivity index (χ0n) is 23.4. The topological polar surface area (TPSA) is 71.0 Å². The normalized spacial score (nSPS) is 23.9. The summed E-state index contributed by atoms with van der Waals surface area (Å²) in [6.07, 6.45) is 1.41. The van der Waals surface area contributed by atoms with Gasteiger partial charge < -0.3 is 28.8 Å². The molecule has 36 heavy (non-hydrogen) atoms. The van der Waals surface area contributed by atoms with Crippen LogP contribution in [0.15, 0.2) is 42.5 Å². The van der Waals surface area contributed by atoms with Crippen LogP contribution in [0.2, 0.25) is 0 Å². The van der Waals surface area contributed by atoms with Crippen LogP contribution in [0, 0.1) is 0 Å². The Morgan fingerprint density at radius 3 is 2.58 bits per heavy atom. The van der Waals surface area contributed by atoms with Crippen LogP contribution in [-0.2, 0) is 31.6 Å². The maximum atomic E-state index is 13.5. The lowest BCUT2D eigenvalue weighted by atomic mass is 9.92. The van der Waals surface area contributed by atoms with E-state index >= 15 is 0 Å². The first-order valence-corrected chi connectivity index (χ1v) is 12.5. The van der Waals surface area contributed by atoms with Crippen molar-refractivity contribution in [3.8, 4) is 11.5 Å². The van der Waals surface area contributed by atoms with Crippen molar-refractivity contribution >= 4 is 22.5 Å². The molecule has 1 saturated carbocycles. The van der Waals surface area contributed by atoms with Gasteiger partial charge in [-0.05, 0) is 68.7 Å². The zero-order chi connectivity index (χ0) is 27.1. The molecule has 0 unspecified atom stereocenters. The van der Waals surface area contributed by atoms with Crippen LogP contribution in [0.3, 0.4) is 0 Å². The molecule has 1 amide bonds. The van der Waals surface area contributed by atoms with E-state index in [1.807, 2.05) is 32.0 Å². The second kappa shape index (κ2) is 7.98. The number of ether oxygens (including phenoxy) is 4. The van der Waals surface area contributed by atoms with Gasteiger partial charge >= 0.3 is 0 Å². The van der Waals surface area contributed by atoms with Gasteiger partial charge in [0.25, 0.3) is 0 Å². The minimum Gasteiger partial charge on any atom is -0.454 e. The number of nitrogens with zero attached hydrogens (tertiary/aromatic N) is 1. The number of anilines is 1. The Hall–Kier alpha value is -3.03. The Morgan fingerprint density at radius 2 is 1.89 bits per heavy atom. The quantitative estimate of drug-likeness (QED) is 0.510. The summed E-state index contributed by atoms with van der Waals surface area (Å²) >= 11 is 0. The van der Waals surface area contributed by atoms with Crippen LogP contribution in [0.25, 0.3) is 10.9 Å². The molecule has 2 aliphatic heterocycles. The Bertz CT molecular complexity index is 1430. The summed E-state index contributed by atoms with van der Waals surface area (Å²) in [5.74, 6) is 0.0182. The van der Waals surface area contributed by atoms with Crippen molar-refractivity contribution in [3.05, 3.63) is 53.7 Å². The molecule has 6 rings (SSSR count). The molecular formula is C29H34N2O5. The summed E-state index contributed by atoms with van der Waals surface area (Å²) in [5, 5.41) is 4.19. The summed E-state index contributed by atoms with van der Waals surface area (Å²) in [6, 6.07) is 13.5. The molecule has 190 valence electrons. The number of fused-ring (bicyclic) bond motifs is 2. The van der Waals surface area contributed by atoms with Crippen molar-refractivity contribution in [1.82, 2.24) is 4.57 Å². The molecule has 1 saturated heterocycles. The van der Waals surface area contributed by atoms with Gasteiger partial charge in [-0.1, -0.05) is 26.8 Å². The molecule has 2 fully saturated rings. The third-order valence-electron chi connectivity index (χ3n) is 7.37. The van der Waals surface area contributed by atoms with E-state index in [1.165, 1.54) is 5.69 Å². The first-order valence-electron chi connectivity index (χ1n) is 13.5. The SMILES string of the molecule is [2H]C1([2H])Oc2ccc(C3(C(=O)Nc4ccc5c(c4)cc(C(C)(C)C)n5C[C@@H]4COC(C)(C)O4)CC3)cc2O1.